The molecule has 1 aromatic rings. The van der Waals surface area contributed by atoms with E-state index in [1.165, 1.54) is 49.1 Å². The highest BCUT2D eigenvalue weighted by molar-refractivity contribution is 5.33. The molecule has 0 aromatic carbocycles. The quantitative estimate of drug-likeness (QED) is 0.928. The fourth-order valence-corrected chi connectivity index (χ4v) is 4.06. The number of hydrogen-bond donors (Lipinski definition) is 1. The van der Waals surface area contributed by atoms with E-state index in [2.05, 4.69) is 5.32 Å². The fourth-order valence-electron chi connectivity index (χ4n) is 4.06. The average Bonchev–Trinajstić information content (AvgIpc) is 2.95. The summed E-state index contributed by atoms with van der Waals surface area (Å²) < 4.78 is 5.92. The second-order valence-corrected chi connectivity index (χ2v) is 6.82. The van der Waals surface area contributed by atoms with E-state index in [0.717, 1.165) is 38.2 Å². The van der Waals surface area contributed by atoms with Crippen molar-refractivity contribution < 1.29 is 4.74 Å². The Kier molecular flexibility index (Phi) is 3.46. The lowest BCUT2D eigenvalue weighted by Crippen LogP contribution is -2.33. The van der Waals surface area contributed by atoms with Crippen LogP contribution in [0, 0.1) is 0 Å². The van der Waals surface area contributed by atoms with Crippen LogP contribution >= 0.6 is 0 Å². The SMILES string of the molecule is COC1(c2nc3c(c(C4CCC4)n2)CNCC3)CCCC1. The number of ether oxygens (including phenoxy) is 1. The Morgan fingerprint density at radius 1 is 1.14 bits per heavy atom. The van der Waals surface area contributed by atoms with Crippen molar-refractivity contribution in [3.05, 3.63) is 22.8 Å². The smallest absolute Gasteiger partial charge is 0.160 e. The maximum atomic E-state index is 5.92. The normalized spacial score (nSPS) is 24.6. The molecule has 21 heavy (non-hydrogen) atoms. The van der Waals surface area contributed by atoms with E-state index in [4.69, 9.17) is 14.7 Å². The summed E-state index contributed by atoms with van der Waals surface area (Å²) in [5, 5.41) is 3.49. The van der Waals surface area contributed by atoms with Crippen LogP contribution in [-0.2, 0) is 23.3 Å². The highest BCUT2D eigenvalue weighted by Crippen LogP contribution is 2.43. The number of methoxy groups -OCH3 is 1. The van der Waals surface area contributed by atoms with Gasteiger partial charge in [-0.3, -0.25) is 0 Å². The summed E-state index contributed by atoms with van der Waals surface area (Å²) in [7, 11) is 1.83. The van der Waals surface area contributed by atoms with Crippen LogP contribution < -0.4 is 5.32 Å². The summed E-state index contributed by atoms with van der Waals surface area (Å²) in [5.74, 6) is 1.64. The van der Waals surface area contributed by atoms with Gasteiger partial charge in [0.05, 0.1) is 11.4 Å². The standard InChI is InChI=1S/C17H25N3O/c1-21-17(8-2-3-9-17)16-19-14-7-10-18-11-13(14)15(20-16)12-5-4-6-12/h12,18H,2-11H2,1H3. The zero-order chi connectivity index (χ0) is 14.3. The summed E-state index contributed by atoms with van der Waals surface area (Å²) in [6.45, 7) is 1.98. The third kappa shape index (κ3) is 2.20. The van der Waals surface area contributed by atoms with E-state index in [0.29, 0.717) is 5.92 Å². The van der Waals surface area contributed by atoms with E-state index in [1.54, 1.807) is 0 Å². The lowest BCUT2D eigenvalue weighted by molar-refractivity contribution is -0.0168. The Bertz CT molecular complexity index is 533. The van der Waals surface area contributed by atoms with Gasteiger partial charge < -0.3 is 10.1 Å². The first-order chi connectivity index (χ1) is 10.3. The number of hydrogen-bond acceptors (Lipinski definition) is 4. The molecular formula is C17H25N3O. The minimum atomic E-state index is -0.210. The van der Waals surface area contributed by atoms with Crippen LogP contribution in [0.4, 0.5) is 0 Å². The van der Waals surface area contributed by atoms with Crippen LogP contribution in [0.5, 0.6) is 0 Å². The largest absolute Gasteiger partial charge is 0.370 e. The minimum Gasteiger partial charge on any atom is -0.370 e. The number of fused-ring (bicyclic) bond motifs is 1. The minimum absolute atomic E-state index is 0.210. The topological polar surface area (TPSA) is 47.0 Å². The zero-order valence-corrected chi connectivity index (χ0v) is 13.0. The van der Waals surface area contributed by atoms with Crippen molar-refractivity contribution in [2.45, 2.75) is 69.4 Å². The Morgan fingerprint density at radius 2 is 1.95 bits per heavy atom. The number of nitrogens with zero attached hydrogens (tertiary/aromatic N) is 2. The molecule has 0 amide bonds. The van der Waals surface area contributed by atoms with Crippen molar-refractivity contribution in [3.63, 3.8) is 0 Å². The van der Waals surface area contributed by atoms with Crippen molar-refractivity contribution in [2.75, 3.05) is 13.7 Å². The van der Waals surface area contributed by atoms with Gasteiger partial charge in [0.1, 0.15) is 5.60 Å². The van der Waals surface area contributed by atoms with Crippen LogP contribution in [0.15, 0.2) is 0 Å². The van der Waals surface area contributed by atoms with E-state index in [-0.39, 0.29) is 5.60 Å². The Balaban J connectivity index is 1.80. The molecule has 2 saturated carbocycles. The molecule has 114 valence electrons. The predicted octanol–water partition coefficient (Wildman–Crippen LogP) is 2.81. The lowest BCUT2D eigenvalue weighted by Gasteiger charge is -2.33. The Morgan fingerprint density at radius 3 is 2.62 bits per heavy atom. The summed E-state index contributed by atoms with van der Waals surface area (Å²) in [5.41, 5.74) is 3.79. The molecule has 0 atom stereocenters. The number of rotatable bonds is 3. The summed E-state index contributed by atoms with van der Waals surface area (Å²) >= 11 is 0. The van der Waals surface area contributed by atoms with Gasteiger partial charge in [-0.1, -0.05) is 6.42 Å². The number of nitrogens with one attached hydrogen (secondary N) is 1. The second-order valence-electron chi connectivity index (χ2n) is 6.82. The van der Waals surface area contributed by atoms with Crippen LogP contribution in [0.2, 0.25) is 0 Å². The molecule has 0 unspecified atom stereocenters. The molecule has 0 saturated heterocycles. The van der Waals surface area contributed by atoms with Gasteiger partial charge in [-0.25, -0.2) is 9.97 Å². The van der Waals surface area contributed by atoms with Gasteiger partial charge in [0.25, 0.3) is 0 Å². The van der Waals surface area contributed by atoms with Crippen molar-refractivity contribution in [1.82, 2.24) is 15.3 Å². The first kappa shape index (κ1) is 13.6. The molecule has 4 heteroatoms. The van der Waals surface area contributed by atoms with Crippen molar-refractivity contribution in [3.8, 4) is 0 Å². The van der Waals surface area contributed by atoms with Gasteiger partial charge in [-0.2, -0.15) is 0 Å². The average molecular weight is 287 g/mol. The molecule has 4 rings (SSSR count). The van der Waals surface area contributed by atoms with Crippen molar-refractivity contribution in [2.24, 2.45) is 0 Å². The van der Waals surface area contributed by atoms with Crippen LogP contribution in [-0.4, -0.2) is 23.6 Å². The van der Waals surface area contributed by atoms with Crippen LogP contribution in [0.3, 0.4) is 0 Å². The fraction of sp³-hybridized carbons (Fsp3) is 0.765. The van der Waals surface area contributed by atoms with E-state index in [9.17, 15) is 0 Å². The molecule has 1 aliphatic heterocycles. The maximum absolute atomic E-state index is 5.92. The van der Waals surface area contributed by atoms with Gasteiger partial charge in [0.15, 0.2) is 5.82 Å². The maximum Gasteiger partial charge on any atom is 0.160 e. The Labute approximate surface area is 126 Å². The monoisotopic (exact) mass is 287 g/mol. The summed E-state index contributed by atoms with van der Waals surface area (Å²) in [6.07, 6.45) is 9.58. The third-order valence-electron chi connectivity index (χ3n) is 5.67. The summed E-state index contributed by atoms with van der Waals surface area (Å²) in [6, 6.07) is 0. The second kappa shape index (κ2) is 5.33. The third-order valence-corrected chi connectivity index (χ3v) is 5.67. The predicted molar refractivity (Wildman–Crippen MR) is 81.2 cm³/mol. The van der Waals surface area contributed by atoms with Crippen LogP contribution in [0.1, 0.15) is 73.6 Å². The van der Waals surface area contributed by atoms with Gasteiger partial charge in [0, 0.05) is 38.1 Å². The van der Waals surface area contributed by atoms with Gasteiger partial charge in [-0.05, 0) is 38.5 Å². The van der Waals surface area contributed by atoms with Crippen molar-refractivity contribution in [1.29, 1.82) is 0 Å². The molecular weight excluding hydrogens is 262 g/mol. The highest BCUT2D eigenvalue weighted by atomic mass is 16.5. The molecule has 2 fully saturated rings. The molecule has 0 bridgehead atoms. The Hall–Kier alpha value is -1.00. The molecule has 4 nitrogen and oxygen atoms in total. The summed E-state index contributed by atoms with van der Waals surface area (Å²) in [4.78, 5) is 10.0. The first-order valence-electron chi connectivity index (χ1n) is 8.48. The van der Waals surface area contributed by atoms with Gasteiger partial charge in [0.2, 0.25) is 0 Å². The van der Waals surface area contributed by atoms with Crippen molar-refractivity contribution >= 4 is 0 Å². The van der Waals surface area contributed by atoms with Crippen LogP contribution in [0.25, 0.3) is 0 Å². The highest BCUT2D eigenvalue weighted by Gasteiger charge is 2.40. The van der Waals surface area contributed by atoms with Gasteiger partial charge >= 0.3 is 0 Å². The molecule has 2 heterocycles. The first-order valence-corrected chi connectivity index (χ1v) is 8.48. The molecule has 0 spiro atoms. The molecule has 2 aliphatic carbocycles. The number of aromatic nitrogens is 2. The zero-order valence-electron chi connectivity index (χ0n) is 13.0. The molecule has 1 aromatic heterocycles. The molecule has 1 N–H and O–H groups in total. The van der Waals surface area contributed by atoms with Gasteiger partial charge in [-0.15, -0.1) is 0 Å². The van der Waals surface area contributed by atoms with E-state index in [1.807, 2.05) is 7.11 Å². The molecule has 3 aliphatic rings. The lowest BCUT2D eigenvalue weighted by atomic mass is 9.80. The van der Waals surface area contributed by atoms with E-state index >= 15 is 0 Å². The van der Waals surface area contributed by atoms with E-state index < -0.39 is 0 Å². The molecule has 0 radical (unpaired) electrons.